The van der Waals surface area contributed by atoms with Gasteiger partial charge in [0.25, 0.3) is 0 Å². The smallest absolute Gasteiger partial charge is 0.137 e. The van der Waals surface area contributed by atoms with Crippen LogP contribution < -0.4 is 15.8 Å². The van der Waals surface area contributed by atoms with Gasteiger partial charge in [0, 0.05) is 12.2 Å². The van der Waals surface area contributed by atoms with E-state index in [0.717, 1.165) is 29.4 Å². The van der Waals surface area contributed by atoms with E-state index in [0.29, 0.717) is 0 Å². The molecule has 0 radical (unpaired) electrons. The molecule has 1 aromatic carbocycles. The highest BCUT2D eigenvalue weighted by molar-refractivity contribution is 5.42. The number of hydrogen-bond donors (Lipinski definition) is 2. The summed E-state index contributed by atoms with van der Waals surface area (Å²) in [7, 11) is 1.62. The van der Waals surface area contributed by atoms with E-state index in [2.05, 4.69) is 10.3 Å². The summed E-state index contributed by atoms with van der Waals surface area (Å²) in [6.45, 7) is 0.722. The van der Waals surface area contributed by atoms with Gasteiger partial charge in [-0.1, -0.05) is 12.1 Å². The number of pyridine rings is 1. The zero-order chi connectivity index (χ0) is 12.1. The van der Waals surface area contributed by atoms with E-state index in [9.17, 15) is 0 Å². The number of ether oxygens (including phenoxy) is 1. The molecule has 0 amide bonds. The molecule has 0 saturated heterocycles. The number of benzene rings is 1. The summed E-state index contributed by atoms with van der Waals surface area (Å²) in [4.78, 5) is 4.22. The van der Waals surface area contributed by atoms with Gasteiger partial charge in [-0.2, -0.15) is 0 Å². The molecule has 0 aliphatic rings. The first kappa shape index (κ1) is 11.3. The summed E-state index contributed by atoms with van der Waals surface area (Å²) in [5.41, 5.74) is 7.56. The van der Waals surface area contributed by atoms with Crippen LogP contribution in [0.2, 0.25) is 0 Å². The van der Waals surface area contributed by atoms with E-state index >= 15 is 0 Å². The maximum atomic E-state index is 5.62. The topological polar surface area (TPSA) is 60.2 Å². The molecule has 17 heavy (non-hydrogen) atoms. The molecule has 4 nitrogen and oxygen atoms in total. The third-order valence-corrected chi connectivity index (χ3v) is 2.43. The van der Waals surface area contributed by atoms with Gasteiger partial charge in [-0.3, -0.25) is 0 Å². The number of anilines is 2. The number of nitrogen functional groups attached to an aromatic ring is 1. The molecule has 1 aromatic heterocycles. The second-order valence-corrected chi connectivity index (χ2v) is 3.68. The second-order valence-electron chi connectivity index (χ2n) is 3.68. The average molecular weight is 229 g/mol. The molecular formula is C13H15N3O. The van der Waals surface area contributed by atoms with Crippen LogP contribution in [-0.2, 0) is 6.54 Å². The van der Waals surface area contributed by atoms with Crippen molar-refractivity contribution in [3.8, 4) is 5.75 Å². The number of nitrogens with zero attached hydrogens (tertiary/aromatic N) is 1. The molecule has 0 spiro atoms. The quantitative estimate of drug-likeness (QED) is 0.790. The molecule has 0 aliphatic heterocycles. The van der Waals surface area contributed by atoms with Crippen molar-refractivity contribution in [1.82, 2.24) is 4.98 Å². The van der Waals surface area contributed by atoms with Crippen LogP contribution >= 0.6 is 0 Å². The van der Waals surface area contributed by atoms with Crippen molar-refractivity contribution in [2.75, 3.05) is 18.2 Å². The van der Waals surface area contributed by atoms with E-state index in [1.165, 1.54) is 0 Å². The summed E-state index contributed by atoms with van der Waals surface area (Å²) < 4.78 is 5.04. The summed E-state index contributed by atoms with van der Waals surface area (Å²) >= 11 is 0. The van der Waals surface area contributed by atoms with Gasteiger partial charge in [0.05, 0.1) is 13.3 Å². The fourth-order valence-corrected chi connectivity index (χ4v) is 1.43. The van der Waals surface area contributed by atoms with Gasteiger partial charge < -0.3 is 15.8 Å². The highest BCUT2D eigenvalue weighted by Crippen LogP contribution is 2.12. The molecule has 0 aliphatic carbocycles. The summed E-state index contributed by atoms with van der Waals surface area (Å²) in [5.74, 6) is 1.57. The maximum Gasteiger partial charge on any atom is 0.137 e. The predicted octanol–water partition coefficient (Wildman–Crippen LogP) is 2.28. The molecule has 3 N–H and O–H groups in total. The number of rotatable bonds is 4. The van der Waals surface area contributed by atoms with Gasteiger partial charge in [0.15, 0.2) is 0 Å². The Kier molecular flexibility index (Phi) is 3.45. The summed E-state index contributed by atoms with van der Waals surface area (Å²) in [6, 6.07) is 11.5. The SMILES string of the molecule is COc1ccc(NCc2ccc(N)cc2)nc1. The van der Waals surface area contributed by atoms with E-state index in [1.54, 1.807) is 13.3 Å². The molecule has 0 unspecified atom stereocenters. The number of nitrogens with one attached hydrogen (secondary N) is 1. The van der Waals surface area contributed by atoms with Crippen LogP contribution in [0.4, 0.5) is 11.5 Å². The first-order valence-electron chi connectivity index (χ1n) is 5.36. The fraction of sp³-hybridized carbons (Fsp3) is 0.154. The monoisotopic (exact) mass is 229 g/mol. The lowest BCUT2D eigenvalue weighted by Gasteiger charge is -2.06. The molecule has 4 heteroatoms. The summed E-state index contributed by atoms with van der Waals surface area (Å²) in [5, 5.41) is 3.22. The summed E-state index contributed by atoms with van der Waals surface area (Å²) in [6.07, 6.45) is 1.69. The van der Waals surface area contributed by atoms with Crippen molar-refractivity contribution in [2.45, 2.75) is 6.54 Å². The first-order chi connectivity index (χ1) is 8.28. The van der Waals surface area contributed by atoms with Crippen molar-refractivity contribution >= 4 is 11.5 Å². The molecule has 0 saturated carbocycles. The van der Waals surface area contributed by atoms with Gasteiger partial charge in [0.1, 0.15) is 11.6 Å². The number of aromatic nitrogens is 1. The van der Waals surface area contributed by atoms with Crippen molar-refractivity contribution in [3.05, 3.63) is 48.2 Å². The molecule has 88 valence electrons. The fourth-order valence-electron chi connectivity index (χ4n) is 1.43. The molecule has 0 atom stereocenters. The Morgan fingerprint density at radius 3 is 2.53 bits per heavy atom. The Morgan fingerprint density at radius 2 is 1.94 bits per heavy atom. The zero-order valence-corrected chi connectivity index (χ0v) is 9.68. The van der Waals surface area contributed by atoms with E-state index in [-0.39, 0.29) is 0 Å². The molecule has 0 bridgehead atoms. The minimum Gasteiger partial charge on any atom is -0.495 e. The molecule has 0 fully saturated rings. The standard InChI is InChI=1S/C13H15N3O/c1-17-12-6-7-13(16-9-12)15-8-10-2-4-11(14)5-3-10/h2-7,9H,8,14H2,1H3,(H,15,16). The van der Waals surface area contributed by atoms with E-state index < -0.39 is 0 Å². The van der Waals surface area contributed by atoms with Crippen LogP contribution in [0, 0.1) is 0 Å². The van der Waals surface area contributed by atoms with Gasteiger partial charge in [-0.05, 0) is 29.8 Å². The van der Waals surface area contributed by atoms with Crippen molar-refractivity contribution in [1.29, 1.82) is 0 Å². The molecule has 2 rings (SSSR count). The van der Waals surface area contributed by atoms with Crippen molar-refractivity contribution < 1.29 is 4.74 Å². The van der Waals surface area contributed by atoms with Crippen LogP contribution in [0.25, 0.3) is 0 Å². The van der Waals surface area contributed by atoms with Gasteiger partial charge in [0.2, 0.25) is 0 Å². The normalized spacial score (nSPS) is 9.94. The Morgan fingerprint density at radius 1 is 1.18 bits per heavy atom. The van der Waals surface area contributed by atoms with Crippen LogP contribution in [0.5, 0.6) is 5.75 Å². The van der Waals surface area contributed by atoms with Crippen LogP contribution in [0.15, 0.2) is 42.6 Å². The highest BCUT2D eigenvalue weighted by Gasteiger charge is 1.96. The van der Waals surface area contributed by atoms with E-state index in [1.807, 2.05) is 36.4 Å². The molecule has 2 aromatic rings. The van der Waals surface area contributed by atoms with Crippen LogP contribution in [0.1, 0.15) is 5.56 Å². The number of methoxy groups -OCH3 is 1. The van der Waals surface area contributed by atoms with Crippen molar-refractivity contribution in [2.24, 2.45) is 0 Å². The molecular weight excluding hydrogens is 214 g/mol. The lowest BCUT2D eigenvalue weighted by molar-refractivity contribution is 0.413. The minimum atomic E-state index is 0.722. The van der Waals surface area contributed by atoms with Crippen LogP contribution in [-0.4, -0.2) is 12.1 Å². The minimum absolute atomic E-state index is 0.722. The third-order valence-electron chi connectivity index (χ3n) is 2.43. The largest absolute Gasteiger partial charge is 0.495 e. The Hall–Kier alpha value is -2.23. The highest BCUT2D eigenvalue weighted by atomic mass is 16.5. The van der Waals surface area contributed by atoms with Gasteiger partial charge in [-0.15, -0.1) is 0 Å². The average Bonchev–Trinajstić information content (AvgIpc) is 2.39. The van der Waals surface area contributed by atoms with Crippen molar-refractivity contribution in [3.63, 3.8) is 0 Å². The number of nitrogens with two attached hydrogens (primary N) is 1. The van der Waals surface area contributed by atoms with Crippen LogP contribution in [0.3, 0.4) is 0 Å². The Labute approximate surface area is 100 Å². The first-order valence-corrected chi connectivity index (χ1v) is 5.36. The molecule has 1 heterocycles. The lowest BCUT2D eigenvalue weighted by atomic mass is 10.2. The Bertz CT molecular complexity index is 465. The van der Waals surface area contributed by atoms with E-state index in [4.69, 9.17) is 10.5 Å². The van der Waals surface area contributed by atoms with Gasteiger partial charge in [-0.25, -0.2) is 4.98 Å². The zero-order valence-electron chi connectivity index (χ0n) is 9.68. The number of hydrogen-bond acceptors (Lipinski definition) is 4. The Balaban J connectivity index is 1.95. The maximum absolute atomic E-state index is 5.62. The van der Waals surface area contributed by atoms with Gasteiger partial charge >= 0.3 is 0 Å². The predicted molar refractivity (Wildman–Crippen MR) is 69.0 cm³/mol. The lowest BCUT2D eigenvalue weighted by Crippen LogP contribution is -2.01. The third kappa shape index (κ3) is 3.11. The second kappa shape index (κ2) is 5.21.